The van der Waals surface area contributed by atoms with Crippen LogP contribution in [0.15, 0.2) is 48.5 Å². The van der Waals surface area contributed by atoms with Gasteiger partial charge in [-0.15, -0.1) is 0 Å². The monoisotopic (exact) mass is 397 g/mol. The van der Waals surface area contributed by atoms with Gasteiger partial charge in [0.25, 0.3) is 5.91 Å². The smallest absolute Gasteiger partial charge is 0.254 e. The molecule has 0 aromatic heterocycles. The largest absolute Gasteiger partial charge is 0.340 e. The van der Waals surface area contributed by atoms with Gasteiger partial charge in [-0.3, -0.25) is 14.4 Å². The van der Waals surface area contributed by atoms with Gasteiger partial charge < -0.3 is 15.5 Å². The maximum absolute atomic E-state index is 13.8. The third-order valence-corrected chi connectivity index (χ3v) is 4.87. The highest BCUT2D eigenvalue weighted by molar-refractivity contribution is 6.01. The quantitative estimate of drug-likeness (QED) is 0.785. The van der Waals surface area contributed by atoms with Crippen molar-refractivity contribution in [3.63, 3.8) is 0 Å². The lowest BCUT2D eigenvalue weighted by Gasteiger charge is -2.22. The fraction of sp³-hybridized carbons (Fsp3) is 0.318. The number of hydrogen-bond donors (Lipinski definition) is 2. The number of nitrogens with zero attached hydrogens (tertiary/aromatic N) is 1. The maximum atomic E-state index is 13.8. The van der Waals surface area contributed by atoms with E-state index in [1.54, 1.807) is 49.1 Å². The van der Waals surface area contributed by atoms with Gasteiger partial charge in [0.2, 0.25) is 11.8 Å². The maximum Gasteiger partial charge on any atom is 0.254 e. The van der Waals surface area contributed by atoms with Crippen LogP contribution in [0.4, 0.5) is 15.8 Å². The summed E-state index contributed by atoms with van der Waals surface area (Å²) in [5, 5.41) is 5.38. The molecule has 0 saturated carbocycles. The molecule has 2 aromatic rings. The lowest BCUT2D eigenvalue weighted by molar-refractivity contribution is -0.119. The number of carbonyl (C=O) groups excluding carboxylic acids is 3. The summed E-state index contributed by atoms with van der Waals surface area (Å²) in [6.07, 6.45) is 1.39. The molecule has 1 atom stereocenters. The van der Waals surface area contributed by atoms with E-state index in [2.05, 4.69) is 10.6 Å². The fourth-order valence-electron chi connectivity index (χ4n) is 3.27. The van der Waals surface area contributed by atoms with Crippen LogP contribution in [0.1, 0.15) is 37.0 Å². The first kappa shape index (κ1) is 20.5. The molecule has 1 fully saturated rings. The Bertz CT molecular complexity index is 912. The van der Waals surface area contributed by atoms with Gasteiger partial charge in [-0.2, -0.15) is 0 Å². The number of anilines is 2. The average Bonchev–Trinajstić information content (AvgIpc) is 3.12. The molecule has 0 unspecified atom stereocenters. The second-order valence-electron chi connectivity index (χ2n) is 7.36. The Balaban J connectivity index is 1.67. The summed E-state index contributed by atoms with van der Waals surface area (Å²) in [7, 11) is 0. The molecule has 0 aliphatic carbocycles. The minimum absolute atomic E-state index is 0.0949. The van der Waals surface area contributed by atoms with E-state index >= 15 is 0 Å². The van der Waals surface area contributed by atoms with E-state index < -0.39 is 23.7 Å². The number of hydrogen-bond acceptors (Lipinski definition) is 3. The zero-order valence-electron chi connectivity index (χ0n) is 16.4. The van der Waals surface area contributed by atoms with Crippen LogP contribution in [0, 0.1) is 11.7 Å². The number of nitrogens with one attached hydrogen (secondary N) is 2. The summed E-state index contributed by atoms with van der Waals surface area (Å²) in [5.41, 5.74) is 1.24. The molecule has 7 heteroatoms. The van der Waals surface area contributed by atoms with Gasteiger partial charge in [0.15, 0.2) is 0 Å². The standard InChI is InChI=1S/C22H24FN3O3/c1-14(2)20(25-21(28)17-6-3-4-7-18(17)23)22(29)24-15-9-11-16(12-10-15)26-13-5-8-19(26)27/h3-4,6-7,9-12,14,20H,5,8,13H2,1-2H3,(H,24,29)(H,25,28)/t20-/m0/s1. The van der Waals surface area contributed by atoms with E-state index in [0.717, 1.165) is 12.1 Å². The second-order valence-corrected chi connectivity index (χ2v) is 7.36. The van der Waals surface area contributed by atoms with Crippen molar-refractivity contribution in [1.29, 1.82) is 0 Å². The Kier molecular flexibility index (Phi) is 6.26. The van der Waals surface area contributed by atoms with Crippen LogP contribution in [0.25, 0.3) is 0 Å². The molecule has 3 rings (SSSR count). The molecule has 1 saturated heterocycles. The molecule has 2 aromatic carbocycles. The number of amides is 3. The molecule has 1 aliphatic heterocycles. The van der Waals surface area contributed by atoms with Crippen molar-refractivity contribution in [3.8, 4) is 0 Å². The van der Waals surface area contributed by atoms with Gasteiger partial charge in [-0.05, 0) is 48.7 Å². The summed E-state index contributed by atoms with van der Waals surface area (Å²) < 4.78 is 13.8. The summed E-state index contributed by atoms with van der Waals surface area (Å²) in [6, 6.07) is 11.8. The van der Waals surface area contributed by atoms with E-state index in [0.29, 0.717) is 18.7 Å². The van der Waals surface area contributed by atoms with Crippen molar-refractivity contribution >= 4 is 29.1 Å². The van der Waals surface area contributed by atoms with Crippen molar-refractivity contribution in [3.05, 3.63) is 59.9 Å². The molecule has 1 aliphatic rings. The number of carbonyl (C=O) groups is 3. The van der Waals surface area contributed by atoms with Crippen molar-refractivity contribution in [1.82, 2.24) is 5.32 Å². The van der Waals surface area contributed by atoms with Crippen LogP contribution in [-0.2, 0) is 9.59 Å². The van der Waals surface area contributed by atoms with Crippen LogP contribution in [-0.4, -0.2) is 30.3 Å². The first-order valence-electron chi connectivity index (χ1n) is 9.63. The average molecular weight is 397 g/mol. The van der Waals surface area contributed by atoms with Crippen LogP contribution in [0.3, 0.4) is 0 Å². The van der Waals surface area contributed by atoms with Crippen LogP contribution < -0.4 is 15.5 Å². The van der Waals surface area contributed by atoms with Gasteiger partial charge in [-0.25, -0.2) is 4.39 Å². The van der Waals surface area contributed by atoms with E-state index in [4.69, 9.17) is 0 Å². The van der Waals surface area contributed by atoms with Crippen molar-refractivity contribution < 1.29 is 18.8 Å². The highest BCUT2D eigenvalue weighted by Crippen LogP contribution is 2.23. The third-order valence-electron chi connectivity index (χ3n) is 4.87. The lowest BCUT2D eigenvalue weighted by Crippen LogP contribution is -2.47. The first-order chi connectivity index (χ1) is 13.9. The van der Waals surface area contributed by atoms with E-state index in [9.17, 15) is 18.8 Å². The highest BCUT2D eigenvalue weighted by Gasteiger charge is 2.26. The van der Waals surface area contributed by atoms with Crippen molar-refractivity contribution in [2.45, 2.75) is 32.7 Å². The molecule has 152 valence electrons. The Morgan fingerprint density at radius 3 is 2.34 bits per heavy atom. The molecule has 29 heavy (non-hydrogen) atoms. The molecular formula is C22H24FN3O3. The molecule has 0 spiro atoms. The van der Waals surface area contributed by atoms with Gasteiger partial charge in [0.05, 0.1) is 5.56 Å². The summed E-state index contributed by atoms with van der Waals surface area (Å²) in [4.78, 5) is 38.7. The molecule has 1 heterocycles. The molecule has 0 radical (unpaired) electrons. The lowest BCUT2D eigenvalue weighted by atomic mass is 10.0. The zero-order valence-corrected chi connectivity index (χ0v) is 16.4. The second kappa shape index (κ2) is 8.86. The SMILES string of the molecule is CC(C)[C@H](NC(=O)c1ccccc1F)C(=O)Nc1ccc(N2CCCC2=O)cc1. The minimum atomic E-state index is -0.832. The van der Waals surface area contributed by atoms with Gasteiger partial charge >= 0.3 is 0 Å². The predicted molar refractivity (Wildman–Crippen MR) is 109 cm³/mol. The Labute approximate surface area is 169 Å². The van der Waals surface area contributed by atoms with Gasteiger partial charge in [-0.1, -0.05) is 26.0 Å². The molecule has 6 nitrogen and oxygen atoms in total. The van der Waals surface area contributed by atoms with Crippen LogP contribution in [0.5, 0.6) is 0 Å². The fourth-order valence-corrected chi connectivity index (χ4v) is 3.27. The topological polar surface area (TPSA) is 78.5 Å². The molecular weight excluding hydrogens is 373 g/mol. The van der Waals surface area contributed by atoms with Gasteiger partial charge in [0, 0.05) is 24.3 Å². The van der Waals surface area contributed by atoms with Gasteiger partial charge in [0.1, 0.15) is 11.9 Å². The Morgan fingerprint density at radius 1 is 1.07 bits per heavy atom. The summed E-state index contributed by atoms with van der Waals surface area (Å²) >= 11 is 0. The molecule has 0 bridgehead atoms. The summed E-state index contributed by atoms with van der Waals surface area (Å²) in [5.74, 6) is -1.78. The Morgan fingerprint density at radius 2 is 1.76 bits per heavy atom. The van der Waals surface area contributed by atoms with Crippen molar-refractivity contribution in [2.75, 3.05) is 16.8 Å². The zero-order chi connectivity index (χ0) is 21.0. The normalized spacial score (nSPS) is 14.8. The Hall–Kier alpha value is -3.22. The number of rotatable bonds is 6. The summed E-state index contributed by atoms with van der Waals surface area (Å²) in [6.45, 7) is 4.30. The molecule has 2 N–H and O–H groups in total. The minimum Gasteiger partial charge on any atom is -0.340 e. The van der Waals surface area contributed by atoms with Crippen LogP contribution >= 0.6 is 0 Å². The van der Waals surface area contributed by atoms with Crippen molar-refractivity contribution in [2.24, 2.45) is 5.92 Å². The first-order valence-corrected chi connectivity index (χ1v) is 9.63. The highest BCUT2D eigenvalue weighted by atomic mass is 19.1. The third kappa shape index (κ3) is 4.80. The van der Waals surface area contributed by atoms with E-state index in [1.165, 1.54) is 18.2 Å². The number of benzene rings is 2. The number of halogens is 1. The predicted octanol–water partition coefficient (Wildman–Crippen LogP) is 3.35. The van der Waals surface area contributed by atoms with Crippen LogP contribution in [0.2, 0.25) is 0 Å². The molecule has 3 amide bonds. The van der Waals surface area contributed by atoms with E-state index in [1.807, 2.05) is 0 Å². The van der Waals surface area contributed by atoms with E-state index in [-0.39, 0.29) is 17.4 Å².